The van der Waals surface area contributed by atoms with Crippen LogP contribution < -0.4 is 0 Å². The molecule has 0 fully saturated rings. The summed E-state index contributed by atoms with van der Waals surface area (Å²) in [7, 11) is 0. The van der Waals surface area contributed by atoms with Gasteiger partial charge in [-0.25, -0.2) is 0 Å². The van der Waals surface area contributed by atoms with Crippen molar-refractivity contribution in [3.8, 4) is 11.5 Å². The first-order valence-corrected chi connectivity index (χ1v) is 4.84. The van der Waals surface area contributed by atoms with E-state index in [1.807, 2.05) is 0 Å². The van der Waals surface area contributed by atoms with E-state index in [9.17, 15) is 23.4 Å². The lowest BCUT2D eigenvalue weighted by Gasteiger charge is -2.24. The first kappa shape index (κ1) is 13.6. The van der Waals surface area contributed by atoms with Gasteiger partial charge < -0.3 is 15.3 Å². The number of aromatic hydroxyl groups is 2. The maximum absolute atomic E-state index is 12.4. The standard InChI is InChI=1S/C11H13F3O3/c1-10(2,5-15)6-3-4-7(11(12,13)14)9(17)8(6)16/h3-4,15-17H,5H2,1-2H3. The van der Waals surface area contributed by atoms with Gasteiger partial charge in [0.2, 0.25) is 0 Å². The van der Waals surface area contributed by atoms with E-state index in [2.05, 4.69) is 0 Å². The van der Waals surface area contributed by atoms with Gasteiger partial charge in [0.1, 0.15) is 5.56 Å². The third-order valence-electron chi connectivity index (χ3n) is 2.58. The highest BCUT2D eigenvalue weighted by Gasteiger charge is 2.37. The second-order valence-corrected chi connectivity index (χ2v) is 4.40. The lowest BCUT2D eigenvalue weighted by atomic mass is 9.84. The Labute approximate surface area is 96.1 Å². The summed E-state index contributed by atoms with van der Waals surface area (Å²) >= 11 is 0. The zero-order chi connectivity index (χ0) is 13.4. The number of alkyl halides is 3. The Morgan fingerprint density at radius 1 is 1.00 bits per heavy atom. The Kier molecular flexibility index (Phi) is 3.29. The van der Waals surface area contributed by atoms with Crippen LogP contribution >= 0.6 is 0 Å². The number of aliphatic hydroxyl groups is 1. The summed E-state index contributed by atoms with van der Waals surface area (Å²) < 4.78 is 37.3. The van der Waals surface area contributed by atoms with Gasteiger partial charge in [0, 0.05) is 11.0 Å². The molecule has 0 heterocycles. The Morgan fingerprint density at radius 2 is 1.41 bits per heavy atom. The van der Waals surface area contributed by atoms with Crippen molar-refractivity contribution in [2.24, 2.45) is 0 Å². The fourth-order valence-corrected chi connectivity index (χ4v) is 1.44. The maximum Gasteiger partial charge on any atom is 0.420 e. The molecule has 17 heavy (non-hydrogen) atoms. The zero-order valence-electron chi connectivity index (χ0n) is 9.34. The van der Waals surface area contributed by atoms with E-state index in [0.29, 0.717) is 6.07 Å². The monoisotopic (exact) mass is 250 g/mol. The van der Waals surface area contributed by atoms with Crippen molar-refractivity contribution in [2.45, 2.75) is 25.4 Å². The third-order valence-corrected chi connectivity index (χ3v) is 2.58. The number of benzene rings is 1. The highest BCUT2D eigenvalue weighted by molar-refractivity contribution is 5.53. The number of hydrogen-bond donors (Lipinski definition) is 3. The summed E-state index contributed by atoms with van der Waals surface area (Å²) in [4.78, 5) is 0. The van der Waals surface area contributed by atoms with E-state index in [-0.39, 0.29) is 12.2 Å². The molecule has 0 spiro atoms. The molecule has 0 aliphatic carbocycles. The van der Waals surface area contributed by atoms with Crippen LogP contribution in [0.1, 0.15) is 25.0 Å². The van der Waals surface area contributed by atoms with Gasteiger partial charge in [0.25, 0.3) is 0 Å². The lowest BCUT2D eigenvalue weighted by Crippen LogP contribution is -2.22. The van der Waals surface area contributed by atoms with Crippen LogP contribution in [0.5, 0.6) is 11.5 Å². The summed E-state index contributed by atoms with van der Waals surface area (Å²) in [5, 5.41) is 27.9. The van der Waals surface area contributed by atoms with Crippen LogP contribution in [0.3, 0.4) is 0 Å². The molecule has 96 valence electrons. The SMILES string of the molecule is CC(C)(CO)c1ccc(C(F)(F)F)c(O)c1O. The molecule has 3 N–H and O–H groups in total. The normalized spacial score (nSPS) is 12.8. The van der Waals surface area contributed by atoms with Crippen LogP contribution in [0.2, 0.25) is 0 Å². The van der Waals surface area contributed by atoms with Crippen LogP contribution in [0.25, 0.3) is 0 Å². The summed E-state index contributed by atoms with van der Waals surface area (Å²) in [6.45, 7) is 2.70. The first-order chi connectivity index (χ1) is 7.61. The number of hydrogen-bond acceptors (Lipinski definition) is 3. The van der Waals surface area contributed by atoms with Gasteiger partial charge in [0.05, 0.1) is 6.61 Å². The minimum atomic E-state index is -4.73. The summed E-state index contributed by atoms with van der Waals surface area (Å²) in [5.74, 6) is -2.06. The molecule has 0 saturated heterocycles. The lowest BCUT2D eigenvalue weighted by molar-refractivity contribution is -0.138. The Bertz CT molecular complexity index is 425. The van der Waals surface area contributed by atoms with Crippen molar-refractivity contribution >= 4 is 0 Å². The van der Waals surface area contributed by atoms with Crippen molar-refractivity contribution in [1.82, 2.24) is 0 Å². The van der Waals surface area contributed by atoms with Crippen molar-refractivity contribution in [1.29, 1.82) is 0 Å². The minimum Gasteiger partial charge on any atom is -0.504 e. The summed E-state index contributed by atoms with van der Waals surface area (Å²) in [6.07, 6.45) is -4.73. The molecule has 0 bridgehead atoms. The molecule has 0 amide bonds. The molecule has 0 aliphatic rings. The molecule has 3 nitrogen and oxygen atoms in total. The van der Waals surface area contributed by atoms with Gasteiger partial charge >= 0.3 is 6.18 Å². The van der Waals surface area contributed by atoms with Crippen molar-refractivity contribution in [3.05, 3.63) is 23.3 Å². The van der Waals surface area contributed by atoms with E-state index in [1.54, 1.807) is 0 Å². The molecular weight excluding hydrogens is 237 g/mol. The molecule has 1 aromatic rings. The number of halogens is 3. The molecule has 0 radical (unpaired) electrons. The average Bonchev–Trinajstić information content (AvgIpc) is 2.19. The van der Waals surface area contributed by atoms with E-state index in [4.69, 9.17) is 5.11 Å². The number of phenolic OH excluding ortho intramolecular Hbond substituents is 2. The molecule has 0 saturated carbocycles. The Hall–Kier alpha value is -1.43. The highest BCUT2D eigenvalue weighted by Crippen LogP contribution is 2.44. The van der Waals surface area contributed by atoms with E-state index >= 15 is 0 Å². The van der Waals surface area contributed by atoms with Gasteiger partial charge in [-0.2, -0.15) is 13.2 Å². The second kappa shape index (κ2) is 4.10. The van der Waals surface area contributed by atoms with E-state index < -0.39 is 28.7 Å². The third kappa shape index (κ3) is 2.46. The molecule has 1 rings (SSSR count). The topological polar surface area (TPSA) is 60.7 Å². The van der Waals surface area contributed by atoms with Crippen molar-refractivity contribution in [3.63, 3.8) is 0 Å². The van der Waals surface area contributed by atoms with Gasteiger partial charge in [-0.3, -0.25) is 0 Å². The van der Waals surface area contributed by atoms with Gasteiger partial charge in [-0.05, 0) is 6.07 Å². The maximum atomic E-state index is 12.4. The summed E-state index contributed by atoms with van der Waals surface area (Å²) in [6, 6.07) is 1.73. The predicted octanol–water partition coefficient (Wildman–Crippen LogP) is 2.39. The Balaban J connectivity index is 3.40. The predicted molar refractivity (Wildman–Crippen MR) is 54.9 cm³/mol. The second-order valence-electron chi connectivity index (χ2n) is 4.40. The minimum absolute atomic E-state index is 0.0606. The van der Waals surface area contributed by atoms with Crippen LogP contribution in [0.15, 0.2) is 12.1 Å². The van der Waals surface area contributed by atoms with Crippen LogP contribution in [-0.4, -0.2) is 21.9 Å². The highest BCUT2D eigenvalue weighted by atomic mass is 19.4. The zero-order valence-corrected chi connectivity index (χ0v) is 9.34. The molecule has 0 aliphatic heterocycles. The molecule has 0 atom stereocenters. The first-order valence-electron chi connectivity index (χ1n) is 4.84. The number of aliphatic hydroxyl groups excluding tert-OH is 1. The molecule has 6 heteroatoms. The molecule has 0 aromatic heterocycles. The molecular formula is C11H13F3O3. The largest absolute Gasteiger partial charge is 0.504 e. The average molecular weight is 250 g/mol. The fourth-order valence-electron chi connectivity index (χ4n) is 1.44. The Morgan fingerprint density at radius 3 is 1.82 bits per heavy atom. The van der Waals surface area contributed by atoms with Gasteiger partial charge in [-0.15, -0.1) is 0 Å². The smallest absolute Gasteiger partial charge is 0.420 e. The van der Waals surface area contributed by atoms with E-state index in [0.717, 1.165) is 6.07 Å². The van der Waals surface area contributed by atoms with Crippen molar-refractivity contribution < 1.29 is 28.5 Å². The van der Waals surface area contributed by atoms with Crippen LogP contribution in [0.4, 0.5) is 13.2 Å². The van der Waals surface area contributed by atoms with Gasteiger partial charge in [0.15, 0.2) is 11.5 Å². The van der Waals surface area contributed by atoms with Gasteiger partial charge in [-0.1, -0.05) is 19.9 Å². The fraction of sp³-hybridized carbons (Fsp3) is 0.455. The summed E-state index contributed by atoms with van der Waals surface area (Å²) in [5.41, 5.74) is -2.18. The molecule has 1 aromatic carbocycles. The number of phenols is 2. The van der Waals surface area contributed by atoms with Crippen molar-refractivity contribution in [2.75, 3.05) is 6.61 Å². The molecule has 0 unspecified atom stereocenters. The quantitative estimate of drug-likeness (QED) is 0.706. The number of rotatable bonds is 2. The van der Waals surface area contributed by atoms with Crippen LogP contribution in [0, 0.1) is 0 Å². The van der Waals surface area contributed by atoms with E-state index in [1.165, 1.54) is 13.8 Å². The van der Waals surface area contributed by atoms with Crippen LogP contribution in [-0.2, 0) is 11.6 Å².